The molecule has 0 spiro atoms. The Morgan fingerprint density at radius 1 is 1.12 bits per heavy atom. The first-order valence-corrected chi connectivity index (χ1v) is 10.0. The standard InChI is InChI=1S/C18H17Cl2N3O2S/c1-21-26(24,25)16-4-3-13(5-12-6-14(19)8-15(20)7-12)17(9-16)18-10-23(2)11-22-18/h3-4,6-11,21H,5H2,1-2H3. The van der Waals surface area contributed by atoms with Crippen LogP contribution >= 0.6 is 23.2 Å². The van der Waals surface area contributed by atoms with E-state index < -0.39 is 10.0 Å². The van der Waals surface area contributed by atoms with Crippen LogP contribution in [0.2, 0.25) is 10.0 Å². The molecule has 0 atom stereocenters. The monoisotopic (exact) mass is 409 g/mol. The summed E-state index contributed by atoms with van der Waals surface area (Å²) in [5, 5.41) is 1.11. The van der Waals surface area contributed by atoms with Crippen molar-refractivity contribution in [3.8, 4) is 11.3 Å². The summed E-state index contributed by atoms with van der Waals surface area (Å²) in [5.74, 6) is 0. The van der Waals surface area contributed by atoms with Crippen LogP contribution in [-0.4, -0.2) is 25.0 Å². The van der Waals surface area contributed by atoms with E-state index in [1.54, 1.807) is 30.6 Å². The third-order valence-electron chi connectivity index (χ3n) is 3.96. The fourth-order valence-corrected chi connectivity index (χ4v) is 4.05. The first-order chi connectivity index (χ1) is 12.3. The molecule has 0 saturated heterocycles. The Hall–Kier alpha value is -1.86. The zero-order valence-electron chi connectivity index (χ0n) is 14.2. The van der Waals surface area contributed by atoms with Gasteiger partial charge in [-0.05, 0) is 54.9 Å². The maximum atomic E-state index is 12.2. The summed E-state index contributed by atoms with van der Waals surface area (Å²) in [7, 11) is -0.303. The van der Waals surface area contributed by atoms with Crippen molar-refractivity contribution in [2.45, 2.75) is 11.3 Å². The first kappa shape index (κ1) is 18.9. The Labute approximate surface area is 162 Å². The van der Waals surface area contributed by atoms with E-state index in [0.717, 1.165) is 16.7 Å². The molecule has 26 heavy (non-hydrogen) atoms. The minimum atomic E-state index is -3.55. The normalized spacial score (nSPS) is 11.7. The minimum Gasteiger partial charge on any atom is -0.340 e. The predicted octanol–water partition coefficient (Wildman–Crippen LogP) is 3.89. The van der Waals surface area contributed by atoms with Crippen molar-refractivity contribution in [1.82, 2.24) is 14.3 Å². The van der Waals surface area contributed by atoms with Crippen molar-refractivity contribution in [1.29, 1.82) is 0 Å². The molecule has 0 radical (unpaired) electrons. The zero-order chi connectivity index (χ0) is 18.9. The number of nitrogens with one attached hydrogen (secondary N) is 1. The molecule has 0 saturated carbocycles. The van der Waals surface area contributed by atoms with Crippen LogP contribution in [0.15, 0.2) is 53.8 Å². The number of sulfonamides is 1. The minimum absolute atomic E-state index is 0.188. The summed E-state index contributed by atoms with van der Waals surface area (Å²) in [4.78, 5) is 4.56. The van der Waals surface area contributed by atoms with E-state index in [-0.39, 0.29) is 4.90 Å². The molecule has 1 N–H and O–H groups in total. The van der Waals surface area contributed by atoms with E-state index in [0.29, 0.717) is 22.2 Å². The van der Waals surface area contributed by atoms with Gasteiger partial charge >= 0.3 is 0 Å². The Bertz CT molecular complexity index is 1040. The van der Waals surface area contributed by atoms with Gasteiger partial charge in [-0.1, -0.05) is 29.3 Å². The molecule has 1 aromatic heterocycles. The van der Waals surface area contributed by atoms with Crippen molar-refractivity contribution < 1.29 is 8.42 Å². The van der Waals surface area contributed by atoms with Gasteiger partial charge in [0, 0.05) is 28.9 Å². The van der Waals surface area contributed by atoms with Gasteiger partial charge in [0.25, 0.3) is 0 Å². The van der Waals surface area contributed by atoms with E-state index in [4.69, 9.17) is 23.2 Å². The van der Waals surface area contributed by atoms with Gasteiger partial charge in [-0.2, -0.15) is 0 Å². The Morgan fingerprint density at radius 2 is 1.81 bits per heavy atom. The van der Waals surface area contributed by atoms with Crippen LogP contribution < -0.4 is 4.72 Å². The van der Waals surface area contributed by atoms with Crippen LogP contribution in [0.5, 0.6) is 0 Å². The van der Waals surface area contributed by atoms with Crippen molar-refractivity contribution in [2.24, 2.45) is 7.05 Å². The number of halogens is 2. The van der Waals surface area contributed by atoms with Crippen molar-refractivity contribution in [3.63, 3.8) is 0 Å². The number of benzene rings is 2. The van der Waals surface area contributed by atoms with Crippen LogP contribution in [-0.2, 0) is 23.5 Å². The molecule has 0 aliphatic carbocycles. The fraction of sp³-hybridized carbons (Fsp3) is 0.167. The third kappa shape index (κ3) is 4.10. The summed E-state index contributed by atoms with van der Waals surface area (Å²) in [6.45, 7) is 0. The molecule has 1 heterocycles. The van der Waals surface area contributed by atoms with Crippen LogP contribution in [0.3, 0.4) is 0 Å². The molecule has 0 amide bonds. The Balaban J connectivity index is 2.12. The lowest BCUT2D eigenvalue weighted by Gasteiger charge is -2.11. The molecular formula is C18H17Cl2N3O2S. The van der Waals surface area contributed by atoms with Gasteiger partial charge in [0.2, 0.25) is 10.0 Å². The van der Waals surface area contributed by atoms with Crippen LogP contribution in [0.4, 0.5) is 0 Å². The lowest BCUT2D eigenvalue weighted by atomic mass is 9.98. The number of aryl methyl sites for hydroxylation is 1. The van der Waals surface area contributed by atoms with E-state index in [2.05, 4.69) is 9.71 Å². The summed E-state index contributed by atoms with van der Waals surface area (Å²) in [6, 6.07) is 10.4. The molecule has 2 aromatic carbocycles. The van der Waals surface area contributed by atoms with Gasteiger partial charge in [0.15, 0.2) is 0 Å². The van der Waals surface area contributed by atoms with Gasteiger partial charge in [-0.25, -0.2) is 18.1 Å². The van der Waals surface area contributed by atoms with Gasteiger partial charge in [0.05, 0.1) is 16.9 Å². The topological polar surface area (TPSA) is 64.0 Å². The van der Waals surface area contributed by atoms with E-state index in [1.807, 2.05) is 29.9 Å². The molecule has 136 valence electrons. The smallest absolute Gasteiger partial charge is 0.240 e. The molecule has 0 aliphatic heterocycles. The second kappa shape index (κ2) is 7.40. The molecule has 0 fully saturated rings. The van der Waals surface area contributed by atoms with Crippen molar-refractivity contribution in [2.75, 3.05) is 7.05 Å². The van der Waals surface area contributed by atoms with Crippen LogP contribution in [0.1, 0.15) is 11.1 Å². The highest BCUT2D eigenvalue weighted by Crippen LogP contribution is 2.29. The predicted molar refractivity (Wildman–Crippen MR) is 104 cm³/mol. The lowest BCUT2D eigenvalue weighted by Crippen LogP contribution is -2.18. The second-order valence-electron chi connectivity index (χ2n) is 5.91. The summed E-state index contributed by atoms with van der Waals surface area (Å²) < 4.78 is 28.5. The molecule has 0 bridgehead atoms. The first-order valence-electron chi connectivity index (χ1n) is 7.78. The molecule has 8 heteroatoms. The van der Waals surface area contributed by atoms with Gasteiger partial charge in [-0.15, -0.1) is 0 Å². The largest absolute Gasteiger partial charge is 0.340 e. The number of aromatic nitrogens is 2. The van der Waals surface area contributed by atoms with E-state index >= 15 is 0 Å². The molecular weight excluding hydrogens is 393 g/mol. The maximum absolute atomic E-state index is 12.2. The van der Waals surface area contributed by atoms with Gasteiger partial charge in [-0.3, -0.25) is 0 Å². The van der Waals surface area contributed by atoms with Gasteiger partial charge < -0.3 is 4.57 Å². The number of rotatable bonds is 5. The highest BCUT2D eigenvalue weighted by atomic mass is 35.5. The van der Waals surface area contributed by atoms with Crippen LogP contribution in [0.25, 0.3) is 11.3 Å². The number of nitrogens with zero attached hydrogens (tertiary/aromatic N) is 2. The highest BCUT2D eigenvalue weighted by molar-refractivity contribution is 7.89. The van der Waals surface area contributed by atoms with E-state index in [9.17, 15) is 8.42 Å². The SMILES string of the molecule is CNS(=O)(=O)c1ccc(Cc2cc(Cl)cc(Cl)c2)c(-c2cn(C)cn2)c1. The zero-order valence-corrected chi connectivity index (χ0v) is 16.5. The highest BCUT2D eigenvalue weighted by Gasteiger charge is 2.16. The summed E-state index contributed by atoms with van der Waals surface area (Å²) in [5.41, 5.74) is 3.31. The van der Waals surface area contributed by atoms with Crippen LogP contribution in [0, 0.1) is 0 Å². The molecule has 3 rings (SSSR count). The number of hydrogen-bond donors (Lipinski definition) is 1. The van der Waals surface area contributed by atoms with Crippen molar-refractivity contribution >= 4 is 33.2 Å². The number of imidazole rings is 1. The average Bonchev–Trinajstić information content (AvgIpc) is 3.00. The van der Waals surface area contributed by atoms with E-state index in [1.165, 1.54) is 7.05 Å². The summed E-state index contributed by atoms with van der Waals surface area (Å²) >= 11 is 12.2. The lowest BCUT2D eigenvalue weighted by molar-refractivity contribution is 0.588. The molecule has 0 aliphatic rings. The number of hydrogen-bond acceptors (Lipinski definition) is 3. The Kier molecular flexibility index (Phi) is 5.39. The molecule has 5 nitrogen and oxygen atoms in total. The average molecular weight is 410 g/mol. The molecule has 0 unspecified atom stereocenters. The second-order valence-corrected chi connectivity index (χ2v) is 8.66. The maximum Gasteiger partial charge on any atom is 0.240 e. The Morgan fingerprint density at radius 3 is 2.38 bits per heavy atom. The van der Waals surface area contributed by atoms with Gasteiger partial charge in [0.1, 0.15) is 0 Å². The molecule has 3 aromatic rings. The quantitative estimate of drug-likeness (QED) is 0.694. The van der Waals surface area contributed by atoms with Crippen molar-refractivity contribution in [3.05, 3.63) is 70.1 Å². The summed E-state index contributed by atoms with van der Waals surface area (Å²) in [6.07, 6.45) is 4.07. The fourth-order valence-electron chi connectivity index (χ4n) is 2.72. The third-order valence-corrected chi connectivity index (χ3v) is 5.81.